The SMILES string of the molecule is Cc1ccc(CNc2nnc(SCC(=O)O)s2)cc1. The van der Waals surface area contributed by atoms with Crippen molar-refractivity contribution in [1.82, 2.24) is 10.2 Å². The number of rotatable bonds is 6. The fourth-order valence-corrected chi connectivity index (χ4v) is 2.81. The number of aryl methyl sites for hydroxylation is 1. The van der Waals surface area contributed by atoms with Gasteiger partial charge in [0.25, 0.3) is 0 Å². The van der Waals surface area contributed by atoms with Crippen molar-refractivity contribution in [3.05, 3.63) is 35.4 Å². The highest BCUT2D eigenvalue weighted by Gasteiger charge is 2.06. The van der Waals surface area contributed by atoms with E-state index in [1.807, 2.05) is 6.92 Å². The first-order chi connectivity index (χ1) is 9.13. The first-order valence-corrected chi connectivity index (χ1v) is 7.41. The number of anilines is 1. The Morgan fingerprint density at radius 3 is 2.79 bits per heavy atom. The summed E-state index contributed by atoms with van der Waals surface area (Å²) in [6.45, 7) is 2.73. The second-order valence-electron chi connectivity index (χ2n) is 3.89. The van der Waals surface area contributed by atoms with E-state index in [9.17, 15) is 4.79 Å². The molecule has 2 rings (SSSR count). The monoisotopic (exact) mass is 295 g/mol. The van der Waals surface area contributed by atoms with Crippen LogP contribution in [0.2, 0.25) is 0 Å². The van der Waals surface area contributed by atoms with E-state index in [1.54, 1.807) is 0 Å². The lowest BCUT2D eigenvalue weighted by molar-refractivity contribution is -0.133. The zero-order chi connectivity index (χ0) is 13.7. The third kappa shape index (κ3) is 4.53. The molecule has 0 atom stereocenters. The van der Waals surface area contributed by atoms with Crippen LogP contribution in [0.25, 0.3) is 0 Å². The molecular weight excluding hydrogens is 282 g/mol. The van der Waals surface area contributed by atoms with E-state index in [4.69, 9.17) is 5.11 Å². The normalized spacial score (nSPS) is 10.4. The van der Waals surface area contributed by atoms with Gasteiger partial charge in [-0.1, -0.05) is 52.9 Å². The van der Waals surface area contributed by atoms with E-state index in [1.165, 1.54) is 34.2 Å². The second-order valence-corrected chi connectivity index (χ2v) is 6.09. The van der Waals surface area contributed by atoms with Gasteiger partial charge in [0, 0.05) is 6.54 Å². The molecule has 0 radical (unpaired) electrons. The summed E-state index contributed by atoms with van der Waals surface area (Å²) in [4.78, 5) is 10.4. The molecule has 2 aromatic rings. The zero-order valence-corrected chi connectivity index (χ0v) is 11.9. The van der Waals surface area contributed by atoms with Gasteiger partial charge in [0.1, 0.15) is 0 Å². The molecule has 0 aliphatic rings. The Kier molecular flexibility index (Phi) is 4.75. The van der Waals surface area contributed by atoms with Crippen LogP contribution >= 0.6 is 23.1 Å². The molecule has 0 aliphatic heterocycles. The molecule has 0 saturated heterocycles. The molecule has 0 aliphatic carbocycles. The van der Waals surface area contributed by atoms with Crippen molar-refractivity contribution in [2.24, 2.45) is 0 Å². The van der Waals surface area contributed by atoms with E-state index in [-0.39, 0.29) is 5.75 Å². The van der Waals surface area contributed by atoms with Crippen LogP contribution in [0, 0.1) is 6.92 Å². The molecule has 100 valence electrons. The highest BCUT2D eigenvalue weighted by molar-refractivity contribution is 8.01. The Morgan fingerprint density at radius 1 is 1.37 bits per heavy atom. The lowest BCUT2D eigenvalue weighted by atomic mass is 10.1. The summed E-state index contributed by atoms with van der Waals surface area (Å²) in [6, 6.07) is 8.24. The van der Waals surface area contributed by atoms with E-state index in [0.29, 0.717) is 16.0 Å². The van der Waals surface area contributed by atoms with Gasteiger partial charge in [0.2, 0.25) is 5.13 Å². The average Bonchev–Trinajstić information content (AvgIpc) is 2.84. The summed E-state index contributed by atoms with van der Waals surface area (Å²) in [5, 5.41) is 20.3. The number of benzene rings is 1. The zero-order valence-electron chi connectivity index (χ0n) is 10.3. The standard InChI is InChI=1S/C12H13N3O2S2/c1-8-2-4-9(5-3-8)6-13-11-14-15-12(19-11)18-7-10(16)17/h2-5H,6-7H2,1H3,(H,13,14)(H,16,17). The second kappa shape index (κ2) is 6.53. The molecule has 0 spiro atoms. The maximum atomic E-state index is 10.4. The number of carbonyl (C=O) groups is 1. The number of carboxylic acid groups (broad SMARTS) is 1. The van der Waals surface area contributed by atoms with E-state index in [2.05, 4.69) is 39.8 Å². The number of hydrogen-bond acceptors (Lipinski definition) is 6. The van der Waals surface area contributed by atoms with Crippen LogP contribution < -0.4 is 5.32 Å². The van der Waals surface area contributed by atoms with Crippen LogP contribution in [0.1, 0.15) is 11.1 Å². The highest BCUT2D eigenvalue weighted by atomic mass is 32.2. The minimum Gasteiger partial charge on any atom is -0.481 e. The smallest absolute Gasteiger partial charge is 0.313 e. The van der Waals surface area contributed by atoms with Gasteiger partial charge < -0.3 is 10.4 Å². The molecule has 1 aromatic carbocycles. The number of thioether (sulfide) groups is 1. The van der Waals surface area contributed by atoms with Crippen LogP contribution in [0.5, 0.6) is 0 Å². The van der Waals surface area contributed by atoms with Gasteiger partial charge in [0.15, 0.2) is 4.34 Å². The summed E-state index contributed by atoms with van der Waals surface area (Å²) in [6.07, 6.45) is 0. The van der Waals surface area contributed by atoms with Crippen LogP contribution in [0.4, 0.5) is 5.13 Å². The molecule has 1 heterocycles. The Morgan fingerprint density at radius 2 is 2.11 bits per heavy atom. The van der Waals surface area contributed by atoms with Crippen molar-refractivity contribution in [3.8, 4) is 0 Å². The number of aliphatic carboxylic acids is 1. The van der Waals surface area contributed by atoms with Gasteiger partial charge in [-0.3, -0.25) is 4.79 Å². The summed E-state index contributed by atoms with van der Waals surface area (Å²) in [5.74, 6) is -0.846. The molecule has 7 heteroatoms. The molecule has 0 unspecified atom stereocenters. The number of hydrogen-bond donors (Lipinski definition) is 2. The largest absolute Gasteiger partial charge is 0.481 e. The molecule has 0 fully saturated rings. The van der Waals surface area contributed by atoms with Gasteiger partial charge in [-0.05, 0) is 12.5 Å². The van der Waals surface area contributed by atoms with Crippen LogP contribution in [-0.2, 0) is 11.3 Å². The average molecular weight is 295 g/mol. The van der Waals surface area contributed by atoms with Crippen molar-refractivity contribution in [2.75, 3.05) is 11.1 Å². The van der Waals surface area contributed by atoms with Gasteiger partial charge in [-0.2, -0.15) is 0 Å². The number of aromatic nitrogens is 2. The first-order valence-electron chi connectivity index (χ1n) is 5.61. The molecule has 19 heavy (non-hydrogen) atoms. The Balaban J connectivity index is 1.86. The maximum Gasteiger partial charge on any atom is 0.313 e. The van der Waals surface area contributed by atoms with E-state index < -0.39 is 5.97 Å². The number of carboxylic acids is 1. The predicted octanol–water partition coefficient (Wildman–Crippen LogP) is 2.64. The Bertz CT molecular complexity index is 554. The molecule has 0 amide bonds. The summed E-state index contributed by atoms with van der Waals surface area (Å²) in [7, 11) is 0. The summed E-state index contributed by atoms with van der Waals surface area (Å²) < 4.78 is 0.661. The van der Waals surface area contributed by atoms with Crippen molar-refractivity contribution < 1.29 is 9.90 Å². The van der Waals surface area contributed by atoms with Gasteiger partial charge in [-0.25, -0.2) is 0 Å². The van der Waals surface area contributed by atoms with Crippen molar-refractivity contribution in [3.63, 3.8) is 0 Å². The molecular formula is C12H13N3O2S2. The quantitative estimate of drug-likeness (QED) is 0.798. The van der Waals surface area contributed by atoms with E-state index in [0.717, 1.165) is 0 Å². The van der Waals surface area contributed by atoms with Crippen molar-refractivity contribution in [1.29, 1.82) is 0 Å². The first kappa shape index (κ1) is 13.8. The summed E-state index contributed by atoms with van der Waals surface area (Å²) >= 11 is 2.54. The predicted molar refractivity (Wildman–Crippen MR) is 76.8 cm³/mol. The number of nitrogens with one attached hydrogen (secondary N) is 1. The van der Waals surface area contributed by atoms with E-state index >= 15 is 0 Å². The third-order valence-electron chi connectivity index (χ3n) is 2.29. The van der Waals surface area contributed by atoms with Gasteiger partial charge in [-0.15, -0.1) is 10.2 Å². The molecule has 2 N–H and O–H groups in total. The molecule has 0 saturated carbocycles. The Labute approximate surface area is 119 Å². The Hall–Kier alpha value is -1.60. The van der Waals surface area contributed by atoms with Crippen molar-refractivity contribution >= 4 is 34.2 Å². The minimum atomic E-state index is -0.852. The highest BCUT2D eigenvalue weighted by Crippen LogP contribution is 2.25. The maximum absolute atomic E-state index is 10.4. The molecule has 0 bridgehead atoms. The van der Waals surface area contributed by atoms with Crippen LogP contribution in [0.15, 0.2) is 28.6 Å². The third-order valence-corrected chi connectivity index (χ3v) is 4.29. The van der Waals surface area contributed by atoms with Crippen LogP contribution in [0.3, 0.4) is 0 Å². The molecule has 1 aromatic heterocycles. The summed E-state index contributed by atoms with van der Waals surface area (Å²) in [5.41, 5.74) is 2.40. The molecule has 5 nitrogen and oxygen atoms in total. The fraction of sp³-hybridized carbons (Fsp3) is 0.250. The minimum absolute atomic E-state index is 0.00654. The fourth-order valence-electron chi connectivity index (χ4n) is 1.35. The topological polar surface area (TPSA) is 75.1 Å². The number of nitrogens with zero attached hydrogens (tertiary/aromatic N) is 2. The lowest BCUT2D eigenvalue weighted by Crippen LogP contribution is -1.98. The van der Waals surface area contributed by atoms with Crippen LogP contribution in [-0.4, -0.2) is 27.0 Å². The van der Waals surface area contributed by atoms with Crippen molar-refractivity contribution in [2.45, 2.75) is 17.8 Å². The van der Waals surface area contributed by atoms with Gasteiger partial charge >= 0.3 is 5.97 Å². The lowest BCUT2D eigenvalue weighted by Gasteiger charge is -2.02. The van der Waals surface area contributed by atoms with Gasteiger partial charge in [0.05, 0.1) is 5.75 Å².